The fourth-order valence-corrected chi connectivity index (χ4v) is 2.04. The summed E-state index contributed by atoms with van der Waals surface area (Å²) >= 11 is 0. The summed E-state index contributed by atoms with van der Waals surface area (Å²) in [4.78, 5) is 0. The van der Waals surface area contributed by atoms with Crippen molar-refractivity contribution in [3.8, 4) is 11.5 Å². The van der Waals surface area contributed by atoms with Gasteiger partial charge in [-0.15, -0.1) is 0 Å². The number of phenolic OH excluding ortho intramolecular Hbond substituents is 1. The maximum Gasteiger partial charge on any atom is 0.123 e. The molecule has 2 nitrogen and oxygen atoms in total. The summed E-state index contributed by atoms with van der Waals surface area (Å²) in [6, 6.07) is 11.5. The zero-order valence-electron chi connectivity index (χ0n) is 11.0. The Kier molecular flexibility index (Phi) is 3.56. The lowest BCUT2D eigenvalue weighted by molar-refractivity contribution is 0.302. The van der Waals surface area contributed by atoms with Gasteiger partial charge in [-0.25, -0.2) is 0 Å². The minimum Gasteiger partial charge on any atom is -0.508 e. The van der Waals surface area contributed by atoms with Crippen molar-refractivity contribution >= 4 is 0 Å². The molecule has 0 heterocycles. The predicted molar refractivity (Wildman–Crippen MR) is 73.1 cm³/mol. The SMILES string of the molecule is Cc1cc(O)cc(OCc2c(C)cccc2C)c1. The molecular formula is C16H18O2. The highest BCUT2D eigenvalue weighted by Crippen LogP contribution is 2.23. The number of hydrogen-bond donors (Lipinski definition) is 1. The van der Waals surface area contributed by atoms with Crippen LogP contribution in [0.1, 0.15) is 22.3 Å². The van der Waals surface area contributed by atoms with Crippen molar-refractivity contribution in [2.75, 3.05) is 0 Å². The van der Waals surface area contributed by atoms with E-state index in [4.69, 9.17) is 4.74 Å². The average Bonchev–Trinajstić information content (AvgIpc) is 2.27. The zero-order valence-corrected chi connectivity index (χ0v) is 11.0. The number of hydrogen-bond acceptors (Lipinski definition) is 2. The number of aryl methyl sites for hydroxylation is 3. The Morgan fingerprint density at radius 3 is 2.28 bits per heavy atom. The van der Waals surface area contributed by atoms with Crippen LogP contribution in [0.2, 0.25) is 0 Å². The van der Waals surface area contributed by atoms with Crippen molar-refractivity contribution in [2.45, 2.75) is 27.4 Å². The van der Waals surface area contributed by atoms with Gasteiger partial charge >= 0.3 is 0 Å². The minimum atomic E-state index is 0.242. The van der Waals surface area contributed by atoms with Gasteiger partial charge in [0.1, 0.15) is 18.1 Å². The summed E-state index contributed by atoms with van der Waals surface area (Å²) in [5.41, 5.74) is 4.66. The second kappa shape index (κ2) is 5.13. The lowest BCUT2D eigenvalue weighted by Gasteiger charge is -2.12. The van der Waals surface area contributed by atoms with E-state index in [2.05, 4.69) is 26.0 Å². The van der Waals surface area contributed by atoms with Gasteiger partial charge in [-0.05, 0) is 55.2 Å². The van der Waals surface area contributed by atoms with E-state index in [1.54, 1.807) is 12.1 Å². The highest BCUT2D eigenvalue weighted by molar-refractivity contribution is 5.38. The van der Waals surface area contributed by atoms with Gasteiger partial charge in [-0.2, -0.15) is 0 Å². The van der Waals surface area contributed by atoms with Gasteiger partial charge in [0.15, 0.2) is 0 Å². The normalized spacial score (nSPS) is 10.4. The molecule has 0 amide bonds. The summed E-state index contributed by atoms with van der Waals surface area (Å²) in [7, 11) is 0. The number of ether oxygens (including phenoxy) is 1. The Bertz CT molecular complexity index is 519. The molecule has 0 spiro atoms. The average molecular weight is 242 g/mol. The van der Waals surface area contributed by atoms with E-state index >= 15 is 0 Å². The fourth-order valence-electron chi connectivity index (χ4n) is 2.04. The number of phenols is 1. The summed E-state index contributed by atoms with van der Waals surface area (Å²) in [5.74, 6) is 0.946. The van der Waals surface area contributed by atoms with Crippen LogP contribution in [0.25, 0.3) is 0 Å². The predicted octanol–water partition coefficient (Wildman–Crippen LogP) is 3.90. The van der Waals surface area contributed by atoms with E-state index in [1.165, 1.54) is 16.7 Å². The third kappa shape index (κ3) is 2.83. The Balaban J connectivity index is 2.16. The lowest BCUT2D eigenvalue weighted by Crippen LogP contribution is -2.00. The van der Waals surface area contributed by atoms with E-state index in [9.17, 15) is 5.11 Å². The van der Waals surface area contributed by atoms with Crippen LogP contribution in [0.4, 0.5) is 0 Å². The molecule has 2 aromatic rings. The minimum absolute atomic E-state index is 0.242. The maximum absolute atomic E-state index is 9.52. The third-order valence-corrected chi connectivity index (χ3v) is 3.06. The molecule has 0 saturated carbocycles. The lowest BCUT2D eigenvalue weighted by atomic mass is 10.0. The molecule has 18 heavy (non-hydrogen) atoms. The monoisotopic (exact) mass is 242 g/mol. The smallest absolute Gasteiger partial charge is 0.123 e. The quantitative estimate of drug-likeness (QED) is 0.884. The van der Waals surface area contributed by atoms with Crippen LogP contribution < -0.4 is 4.74 Å². The van der Waals surface area contributed by atoms with Gasteiger partial charge < -0.3 is 9.84 Å². The molecule has 0 bridgehead atoms. The Labute approximate surface area is 108 Å². The van der Waals surface area contributed by atoms with Crippen LogP contribution in [-0.2, 0) is 6.61 Å². The number of aromatic hydroxyl groups is 1. The van der Waals surface area contributed by atoms with Gasteiger partial charge in [0, 0.05) is 6.07 Å². The second-order valence-electron chi connectivity index (χ2n) is 4.66. The van der Waals surface area contributed by atoms with Crippen molar-refractivity contribution in [1.82, 2.24) is 0 Å². The van der Waals surface area contributed by atoms with Crippen molar-refractivity contribution in [3.05, 3.63) is 58.7 Å². The first-order valence-corrected chi connectivity index (χ1v) is 6.05. The Hall–Kier alpha value is -1.96. The Morgan fingerprint density at radius 2 is 1.67 bits per heavy atom. The van der Waals surface area contributed by atoms with Crippen LogP contribution in [0.5, 0.6) is 11.5 Å². The molecule has 0 radical (unpaired) electrons. The summed E-state index contributed by atoms with van der Waals surface area (Å²) in [5, 5.41) is 9.52. The molecule has 94 valence electrons. The first-order valence-electron chi connectivity index (χ1n) is 6.05. The standard InChI is InChI=1S/C16H18O2/c1-11-7-14(17)9-15(8-11)18-10-16-12(2)5-4-6-13(16)3/h4-9,17H,10H2,1-3H3. The van der Waals surface area contributed by atoms with Crippen LogP contribution in [-0.4, -0.2) is 5.11 Å². The van der Waals surface area contributed by atoms with Crippen molar-refractivity contribution in [3.63, 3.8) is 0 Å². The van der Waals surface area contributed by atoms with E-state index in [1.807, 2.05) is 19.1 Å². The topological polar surface area (TPSA) is 29.5 Å². The molecule has 0 aliphatic heterocycles. The van der Waals surface area contributed by atoms with Gasteiger partial charge in [-0.1, -0.05) is 18.2 Å². The summed E-state index contributed by atoms with van der Waals surface area (Å²) in [6.07, 6.45) is 0. The molecule has 2 rings (SSSR count). The first-order chi connectivity index (χ1) is 8.56. The zero-order chi connectivity index (χ0) is 13.1. The van der Waals surface area contributed by atoms with E-state index in [0.29, 0.717) is 12.4 Å². The molecule has 0 unspecified atom stereocenters. The second-order valence-corrected chi connectivity index (χ2v) is 4.66. The third-order valence-electron chi connectivity index (χ3n) is 3.06. The van der Waals surface area contributed by atoms with Crippen LogP contribution in [0.3, 0.4) is 0 Å². The number of rotatable bonds is 3. The summed E-state index contributed by atoms with van der Waals surface area (Å²) < 4.78 is 5.76. The van der Waals surface area contributed by atoms with Gasteiger partial charge in [0.05, 0.1) is 0 Å². The molecule has 0 fully saturated rings. The molecule has 1 N–H and O–H groups in total. The van der Waals surface area contributed by atoms with Crippen molar-refractivity contribution in [1.29, 1.82) is 0 Å². The largest absolute Gasteiger partial charge is 0.508 e. The Morgan fingerprint density at radius 1 is 1.00 bits per heavy atom. The van der Waals surface area contributed by atoms with E-state index in [-0.39, 0.29) is 5.75 Å². The van der Waals surface area contributed by atoms with Gasteiger partial charge in [-0.3, -0.25) is 0 Å². The molecule has 0 saturated heterocycles. The number of benzene rings is 2. The molecular weight excluding hydrogens is 224 g/mol. The maximum atomic E-state index is 9.52. The first kappa shape index (κ1) is 12.5. The van der Waals surface area contributed by atoms with Crippen LogP contribution >= 0.6 is 0 Å². The van der Waals surface area contributed by atoms with Gasteiger partial charge in [0.25, 0.3) is 0 Å². The van der Waals surface area contributed by atoms with Crippen LogP contribution in [0.15, 0.2) is 36.4 Å². The molecule has 0 aliphatic rings. The molecule has 0 aliphatic carbocycles. The molecule has 0 atom stereocenters. The van der Waals surface area contributed by atoms with Gasteiger partial charge in [0.2, 0.25) is 0 Å². The molecule has 2 heteroatoms. The van der Waals surface area contributed by atoms with Crippen LogP contribution in [0, 0.1) is 20.8 Å². The highest BCUT2D eigenvalue weighted by atomic mass is 16.5. The molecule has 0 aromatic heterocycles. The highest BCUT2D eigenvalue weighted by Gasteiger charge is 2.04. The fraction of sp³-hybridized carbons (Fsp3) is 0.250. The van der Waals surface area contributed by atoms with Crippen molar-refractivity contribution < 1.29 is 9.84 Å². The summed E-state index contributed by atoms with van der Waals surface area (Å²) in [6.45, 7) is 6.63. The molecule has 2 aromatic carbocycles. The van der Waals surface area contributed by atoms with E-state index < -0.39 is 0 Å². The van der Waals surface area contributed by atoms with E-state index in [0.717, 1.165) is 5.56 Å². The van der Waals surface area contributed by atoms with Crippen molar-refractivity contribution in [2.24, 2.45) is 0 Å².